The predicted molar refractivity (Wildman–Crippen MR) is 45.6 cm³/mol. The monoisotopic (exact) mass is 180 g/mol. The van der Waals surface area contributed by atoms with Gasteiger partial charge in [-0.25, -0.2) is 0 Å². The van der Waals surface area contributed by atoms with E-state index in [-0.39, 0.29) is 29.7 Å². The van der Waals surface area contributed by atoms with Crippen LogP contribution in [0, 0.1) is 17.8 Å². The first-order valence-corrected chi connectivity index (χ1v) is 4.52. The van der Waals surface area contributed by atoms with Crippen LogP contribution in [0.3, 0.4) is 0 Å². The molecule has 0 amide bonds. The van der Waals surface area contributed by atoms with Crippen molar-refractivity contribution in [2.45, 2.75) is 20.3 Å². The summed E-state index contributed by atoms with van der Waals surface area (Å²) in [5.41, 5.74) is 1.18. The molecule has 3 heteroatoms. The van der Waals surface area contributed by atoms with Gasteiger partial charge in [0, 0.05) is 0 Å². The van der Waals surface area contributed by atoms with Crippen LogP contribution in [0.2, 0.25) is 0 Å². The van der Waals surface area contributed by atoms with Gasteiger partial charge in [0.15, 0.2) is 0 Å². The van der Waals surface area contributed by atoms with Crippen molar-refractivity contribution in [2.24, 2.45) is 17.8 Å². The van der Waals surface area contributed by atoms with Crippen molar-refractivity contribution in [2.75, 3.05) is 0 Å². The molecule has 70 valence electrons. The van der Waals surface area contributed by atoms with Crippen LogP contribution in [0.4, 0.5) is 0 Å². The van der Waals surface area contributed by atoms with Gasteiger partial charge in [0.2, 0.25) is 0 Å². The minimum Gasteiger partial charge on any atom is -0.393 e. The van der Waals surface area contributed by atoms with E-state index in [9.17, 15) is 9.59 Å². The van der Waals surface area contributed by atoms with Crippen LogP contribution in [-0.4, -0.2) is 11.9 Å². The van der Waals surface area contributed by atoms with Gasteiger partial charge in [-0.15, -0.1) is 0 Å². The Morgan fingerprint density at radius 1 is 1.38 bits per heavy atom. The zero-order valence-corrected chi connectivity index (χ0v) is 7.74. The lowest BCUT2D eigenvalue weighted by molar-refractivity contribution is -0.153. The van der Waals surface area contributed by atoms with Crippen molar-refractivity contribution < 1.29 is 14.3 Å². The Balaban J connectivity index is 2.34. The minimum absolute atomic E-state index is 0.137. The van der Waals surface area contributed by atoms with E-state index in [4.69, 9.17) is 0 Å². The van der Waals surface area contributed by atoms with E-state index in [1.165, 1.54) is 5.57 Å². The molecule has 0 N–H and O–H groups in total. The second-order valence-electron chi connectivity index (χ2n) is 3.95. The molecule has 3 atom stereocenters. The number of ether oxygens (including phenoxy) is 1. The van der Waals surface area contributed by atoms with Gasteiger partial charge in [0.1, 0.15) is 0 Å². The minimum atomic E-state index is -0.341. The van der Waals surface area contributed by atoms with Crippen molar-refractivity contribution in [3.8, 4) is 0 Å². The lowest BCUT2D eigenvalue weighted by Crippen LogP contribution is -2.27. The molecule has 0 bridgehead atoms. The molecule has 2 aliphatic rings. The molecule has 0 spiro atoms. The van der Waals surface area contributed by atoms with Gasteiger partial charge in [0.25, 0.3) is 0 Å². The standard InChI is InChI=1S/C10H12O3/c1-5-3-6(2)8-7(4-5)9(11)13-10(8)12/h3,6-8H,4H2,1-2H3/t6-,7+,8+/m0/s1. The summed E-state index contributed by atoms with van der Waals surface area (Å²) in [7, 11) is 0. The van der Waals surface area contributed by atoms with Crippen LogP contribution in [0.1, 0.15) is 20.3 Å². The molecular weight excluding hydrogens is 168 g/mol. The number of esters is 2. The van der Waals surface area contributed by atoms with E-state index in [2.05, 4.69) is 10.8 Å². The maximum absolute atomic E-state index is 11.3. The van der Waals surface area contributed by atoms with Crippen LogP contribution in [-0.2, 0) is 14.3 Å². The molecule has 1 aliphatic heterocycles. The largest absolute Gasteiger partial charge is 0.393 e. The second kappa shape index (κ2) is 2.69. The highest BCUT2D eigenvalue weighted by Crippen LogP contribution is 2.39. The summed E-state index contributed by atoms with van der Waals surface area (Å²) in [6.45, 7) is 3.95. The van der Waals surface area contributed by atoms with Gasteiger partial charge in [-0.2, -0.15) is 0 Å². The summed E-state index contributed by atoms with van der Waals surface area (Å²) >= 11 is 0. The normalized spacial score (nSPS) is 38.3. The average Bonchev–Trinajstić information content (AvgIpc) is 2.27. The molecule has 0 aromatic carbocycles. The zero-order chi connectivity index (χ0) is 9.59. The third kappa shape index (κ3) is 1.19. The summed E-state index contributed by atoms with van der Waals surface area (Å²) < 4.78 is 4.62. The molecule has 0 aromatic heterocycles. The first-order chi connectivity index (χ1) is 6.09. The summed E-state index contributed by atoms with van der Waals surface area (Å²) in [5, 5.41) is 0. The molecule has 3 nitrogen and oxygen atoms in total. The molecule has 13 heavy (non-hydrogen) atoms. The fourth-order valence-corrected chi connectivity index (χ4v) is 2.31. The fraction of sp³-hybridized carbons (Fsp3) is 0.600. The van der Waals surface area contributed by atoms with E-state index in [1.54, 1.807) is 0 Å². The van der Waals surface area contributed by atoms with Crippen molar-refractivity contribution in [1.82, 2.24) is 0 Å². The lowest BCUT2D eigenvalue weighted by Gasteiger charge is -2.23. The lowest BCUT2D eigenvalue weighted by atomic mass is 9.76. The number of fused-ring (bicyclic) bond motifs is 1. The highest BCUT2D eigenvalue weighted by Gasteiger charge is 2.48. The molecule has 2 rings (SSSR count). The van der Waals surface area contributed by atoms with E-state index in [0.717, 1.165) is 0 Å². The maximum atomic E-state index is 11.3. The molecule has 0 radical (unpaired) electrons. The molecule has 0 unspecified atom stereocenters. The summed E-state index contributed by atoms with van der Waals surface area (Å²) in [6.07, 6.45) is 2.74. The Bertz CT molecular complexity index is 303. The van der Waals surface area contributed by atoms with Crippen molar-refractivity contribution in [3.63, 3.8) is 0 Å². The van der Waals surface area contributed by atoms with Gasteiger partial charge in [-0.05, 0) is 19.3 Å². The Hall–Kier alpha value is -1.12. The highest BCUT2D eigenvalue weighted by atomic mass is 16.6. The summed E-state index contributed by atoms with van der Waals surface area (Å²) in [6, 6.07) is 0. The van der Waals surface area contributed by atoms with Gasteiger partial charge < -0.3 is 4.74 Å². The average molecular weight is 180 g/mol. The van der Waals surface area contributed by atoms with Gasteiger partial charge in [-0.1, -0.05) is 18.6 Å². The molecule has 1 saturated heterocycles. The van der Waals surface area contributed by atoms with E-state index < -0.39 is 0 Å². The number of hydrogen-bond donors (Lipinski definition) is 0. The summed E-state index contributed by atoms with van der Waals surface area (Å²) in [5.74, 6) is -0.984. The fourth-order valence-electron chi connectivity index (χ4n) is 2.31. The second-order valence-corrected chi connectivity index (χ2v) is 3.95. The Morgan fingerprint density at radius 3 is 2.77 bits per heavy atom. The summed E-state index contributed by atoms with van der Waals surface area (Å²) in [4.78, 5) is 22.5. The molecule has 0 aromatic rings. The van der Waals surface area contributed by atoms with Gasteiger partial charge in [0.05, 0.1) is 11.8 Å². The predicted octanol–water partition coefficient (Wildman–Crippen LogP) is 1.29. The third-order valence-electron chi connectivity index (χ3n) is 2.87. The number of rotatable bonds is 0. The number of cyclic esters (lactones) is 2. The van der Waals surface area contributed by atoms with E-state index in [1.807, 2.05) is 13.8 Å². The quantitative estimate of drug-likeness (QED) is 0.320. The smallest absolute Gasteiger partial charge is 0.318 e. The number of allylic oxidation sites excluding steroid dienone is 2. The maximum Gasteiger partial charge on any atom is 0.318 e. The van der Waals surface area contributed by atoms with Crippen LogP contribution in [0.15, 0.2) is 11.6 Å². The molecule has 1 fully saturated rings. The van der Waals surface area contributed by atoms with Crippen molar-refractivity contribution in [3.05, 3.63) is 11.6 Å². The van der Waals surface area contributed by atoms with Crippen LogP contribution >= 0.6 is 0 Å². The number of carbonyl (C=O) groups excluding carboxylic acids is 2. The number of hydrogen-bond acceptors (Lipinski definition) is 3. The van der Waals surface area contributed by atoms with Crippen LogP contribution in [0.25, 0.3) is 0 Å². The van der Waals surface area contributed by atoms with Crippen molar-refractivity contribution in [1.29, 1.82) is 0 Å². The van der Waals surface area contributed by atoms with Crippen molar-refractivity contribution >= 4 is 11.9 Å². The molecular formula is C10H12O3. The first kappa shape index (κ1) is 8.48. The van der Waals surface area contributed by atoms with Crippen LogP contribution < -0.4 is 0 Å². The third-order valence-corrected chi connectivity index (χ3v) is 2.87. The van der Waals surface area contributed by atoms with Gasteiger partial charge in [-0.3, -0.25) is 9.59 Å². The molecule has 0 saturated carbocycles. The first-order valence-electron chi connectivity index (χ1n) is 4.52. The molecule has 1 heterocycles. The van der Waals surface area contributed by atoms with E-state index in [0.29, 0.717) is 6.42 Å². The highest BCUT2D eigenvalue weighted by molar-refractivity contribution is 5.97. The SMILES string of the molecule is CC1=C[C@H](C)[C@H]2C(=O)OC(=O)[C@@H]2C1. The van der Waals surface area contributed by atoms with E-state index >= 15 is 0 Å². The Labute approximate surface area is 76.8 Å². The Kier molecular flexibility index (Phi) is 1.75. The van der Waals surface area contributed by atoms with Gasteiger partial charge >= 0.3 is 11.9 Å². The Morgan fingerprint density at radius 2 is 2.08 bits per heavy atom. The van der Waals surface area contributed by atoms with Crippen LogP contribution in [0.5, 0.6) is 0 Å². The number of carbonyl (C=O) groups is 2. The molecule has 1 aliphatic carbocycles. The topological polar surface area (TPSA) is 43.4 Å². The zero-order valence-electron chi connectivity index (χ0n) is 7.74.